The highest BCUT2D eigenvalue weighted by molar-refractivity contribution is 6.04. The van der Waals surface area contributed by atoms with Gasteiger partial charge in [0.2, 0.25) is 0 Å². The van der Waals surface area contributed by atoms with Crippen molar-refractivity contribution >= 4 is 17.1 Å². The fourth-order valence-corrected chi connectivity index (χ4v) is 3.40. The summed E-state index contributed by atoms with van der Waals surface area (Å²) in [4.78, 5) is 11.9. The van der Waals surface area contributed by atoms with Gasteiger partial charge in [-0.2, -0.15) is 0 Å². The molecule has 5 heteroatoms. The van der Waals surface area contributed by atoms with Gasteiger partial charge in [-0.25, -0.2) is 0 Å². The number of carbonyl (C=O) groups is 1. The van der Waals surface area contributed by atoms with Gasteiger partial charge in [-0.1, -0.05) is 36.4 Å². The normalized spacial score (nSPS) is 10.4. The van der Waals surface area contributed by atoms with Gasteiger partial charge in [0.05, 0.1) is 26.7 Å². The van der Waals surface area contributed by atoms with Crippen LogP contribution < -0.4 is 18.9 Å². The molecule has 0 aliphatic rings. The summed E-state index contributed by atoms with van der Waals surface area (Å²) in [6.07, 6.45) is 3.04. The van der Waals surface area contributed by atoms with E-state index in [0.717, 1.165) is 17.4 Å². The predicted molar refractivity (Wildman–Crippen MR) is 114 cm³/mol. The van der Waals surface area contributed by atoms with Gasteiger partial charge in [0.1, 0.15) is 18.1 Å². The number of ether oxygens (including phenoxy) is 4. The minimum Gasteiger partial charge on any atom is -0.496 e. The van der Waals surface area contributed by atoms with Crippen LogP contribution >= 0.6 is 0 Å². The molecule has 3 rings (SSSR count). The van der Waals surface area contributed by atoms with Crippen LogP contribution in [0.25, 0.3) is 10.8 Å². The minimum absolute atomic E-state index is 0.338. The smallest absolute Gasteiger partial charge is 0.172 e. The van der Waals surface area contributed by atoms with E-state index in [0.29, 0.717) is 52.4 Å². The summed E-state index contributed by atoms with van der Waals surface area (Å²) in [6.45, 7) is 4.17. The summed E-state index contributed by atoms with van der Waals surface area (Å²) < 4.78 is 23.0. The topological polar surface area (TPSA) is 54.0 Å². The SMILES string of the molecule is C=CCc1c(C=O)cc2c(OC)cc(OC)c(OC)c2c1OCc1ccccc1. The molecule has 3 aromatic carbocycles. The predicted octanol–water partition coefficient (Wildman–Crippen LogP) is 4.99. The molecule has 0 saturated carbocycles. The first kappa shape index (κ1) is 20.3. The second-order valence-electron chi connectivity index (χ2n) is 6.40. The van der Waals surface area contributed by atoms with Crippen LogP contribution in [-0.2, 0) is 13.0 Å². The summed E-state index contributed by atoms with van der Waals surface area (Å²) >= 11 is 0. The molecule has 0 atom stereocenters. The highest BCUT2D eigenvalue weighted by atomic mass is 16.5. The largest absolute Gasteiger partial charge is 0.496 e. The maximum absolute atomic E-state index is 11.9. The first-order chi connectivity index (χ1) is 14.2. The number of methoxy groups -OCH3 is 3. The third-order valence-corrected chi connectivity index (χ3v) is 4.74. The Morgan fingerprint density at radius 1 is 0.931 bits per heavy atom. The Bertz CT molecular complexity index is 1020. The number of benzene rings is 3. The van der Waals surface area contributed by atoms with Gasteiger partial charge in [-0.15, -0.1) is 6.58 Å². The molecule has 0 radical (unpaired) electrons. The maximum Gasteiger partial charge on any atom is 0.172 e. The van der Waals surface area contributed by atoms with Gasteiger partial charge in [0.15, 0.2) is 17.8 Å². The standard InChI is InChI=1S/C24H24O5/c1-5-9-18-17(14-25)12-19-20(26-2)13-21(27-3)24(28-4)22(19)23(18)29-15-16-10-7-6-8-11-16/h5-8,10-14H,1,9,15H2,2-4H3. The van der Waals surface area contributed by atoms with Crippen LogP contribution in [0.5, 0.6) is 23.0 Å². The van der Waals surface area contributed by atoms with E-state index in [1.807, 2.05) is 30.3 Å². The quantitative estimate of drug-likeness (QED) is 0.379. The monoisotopic (exact) mass is 392 g/mol. The molecular formula is C24H24O5. The summed E-state index contributed by atoms with van der Waals surface area (Å²) in [5.74, 6) is 2.16. The lowest BCUT2D eigenvalue weighted by molar-refractivity contribution is 0.112. The van der Waals surface area contributed by atoms with Crippen LogP contribution in [0.4, 0.5) is 0 Å². The lowest BCUT2D eigenvalue weighted by atomic mass is 9.96. The summed E-state index contributed by atoms with van der Waals surface area (Å²) in [5, 5.41) is 1.41. The zero-order valence-corrected chi connectivity index (χ0v) is 16.9. The fourth-order valence-electron chi connectivity index (χ4n) is 3.40. The highest BCUT2D eigenvalue weighted by Crippen LogP contribution is 2.48. The van der Waals surface area contributed by atoms with E-state index in [1.165, 1.54) is 0 Å². The molecule has 29 heavy (non-hydrogen) atoms. The van der Waals surface area contributed by atoms with E-state index in [2.05, 4.69) is 6.58 Å². The van der Waals surface area contributed by atoms with E-state index in [1.54, 1.807) is 39.5 Å². The van der Waals surface area contributed by atoms with Crippen molar-refractivity contribution in [3.8, 4) is 23.0 Å². The molecule has 3 aromatic rings. The van der Waals surface area contributed by atoms with Crippen LogP contribution in [0.1, 0.15) is 21.5 Å². The van der Waals surface area contributed by atoms with Crippen LogP contribution in [0, 0.1) is 0 Å². The third-order valence-electron chi connectivity index (χ3n) is 4.74. The molecule has 150 valence electrons. The molecule has 0 fully saturated rings. The molecule has 0 aliphatic carbocycles. The summed E-state index contributed by atoms with van der Waals surface area (Å²) in [7, 11) is 4.72. The average molecular weight is 392 g/mol. The van der Waals surface area contributed by atoms with Gasteiger partial charge in [-0.3, -0.25) is 4.79 Å². The lowest BCUT2D eigenvalue weighted by Crippen LogP contribution is -2.05. The van der Waals surface area contributed by atoms with E-state index >= 15 is 0 Å². The van der Waals surface area contributed by atoms with Crippen LogP contribution in [-0.4, -0.2) is 27.6 Å². The fraction of sp³-hybridized carbons (Fsp3) is 0.208. The summed E-state index contributed by atoms with van der Waals surface area (Å²) in [5.41, 5.74) is 2.27. The van der Waals surface area contributed by atoms with Crippen molar-refractivity contribution in [1.29, 1.82) is 0 Å². The van der Waals surface area contributed by atoms with Crippen molar-refractivity contribution < 1.29 is 23.7 Å². The van der Waals surface area contributed by atoms with E-state index in [4.69, 9.17) is 18.9 Å². The lowest BCUT2D eigenvalue weighted by Gasteiger charge is -2.20. The molecule has 0 spiro atoms. The van der Waals surface area contributed by atoms with Crippen LogP contribution in [0.2, 0.25) is 0 Å². The maximum atomic E-state index is 11.9. The number of fused-ring (bicyclic) bond motifs is 1. The van der Waals surface area contributed by atoms with Crippen molar-refractivity contribution in [2.45, 2.75) is 13.0 Å². The van der Waals surface area contributed by atoms with Crippen molar-refractivity contribution in [2.75, 3.05) is 21.3 Å². The molecular weight excluding hydrogens is 368 g/mol. The number of aldehydes is 1. The Morgan fingerprint density at radius 2 is 1.66 bits per heavy atom. The molecule has 0 N–H and O–H groups in total. The van der Waals surface area contributed by atoms with Crippen molar-refractivity contribution in [2.24, 2.45) is 0 Å². The molecule has 0 aromatic heterocycles. The van der Waals surface area contributed by atoms with Gasteiger partial charge in [0, 0.05) is 22.6 Å². The Balaban J connectivity index is 2.33. The Hall–Kier alpha value is -3.47. The van der Waals surface area contributed by atoms with Crippen LogP contribution in [0.15, 0.2) is 55.1 Å². The second-order valence-corrected chi connectivity index (χ2v) is 6.40. The van der Waals surface area contributed by atoms with Crippen LogP contribution in [0.3, 0.4) is 0 Å². The number of allylic oxidation sites excluding steroid dienone is 1. The minimum atomic E-state index is 0.338. The Morgan fingerprint density at radius 3 is 2.24 bits per heavy atom. The average Bonchev–Trinajstić information content (AvgIpc) is 2.77. The molecule has 0 amide bonds. The third kappa shape index (κ3) is 3.90. The molecule has 0 saturated heterocycles. The molecule has 0 heterocycles. The Kier molecular flexibility index (Phi) is 6.39. The summed E-state index contributed by atoms with van der Waals surface area (Å²) in [6, 6.07) is 13.4. The van der Waals surface area contributed by atoms with Crippen molar-refractivity contribution in [3.05, 3.63) is 71.8 Å². The zero-order chi connectivity index (χ0) is 20.8. The molecule has 0 aliphatic heterocycles. The van der Waals surface area contributed by atoms with Crippen molar-refractivity contribution in [3.63, 3.8) is 0 Å². The number of hydrogen-bond donors (Lipinski definition) is 0. The second kappa shape index (κ2) is 9.15. The highest BCUT2D eigenvalue weighted by Gasteiger charge is 2.23. The molecule has 0 bridgehead atoms. The number of rotatable bonds is 9. The van der Waals surface area contributed by atoms with E-state index in [9.17, 15) is 4.79 Å². The van der Waals surface area contributed by atoms with Gasteiger partial charge >= 0.3 is 0 Å². The number of hydrogen-bond acceptors (Lipinski definition) is 5. The van der Waals surface area contributed by atoms with Gasteiger partial charge in [0.25, 0.3) is 0 Å². The number of carbonyl (C=O) groups excluding carboxylic acids is 1. The molecule has 0 unspecified atom stereocenters. The van der Waals surface area contributed by atoms with Crippen molar-refractivity contribution in [1.82, 2.24) is 0 Å². The van der Waals surface area contributed by atoms with E-state index < -0.39 is 0 Å². The Labute approximate surface area is 170 Å². The zero-order valence-electron chi connectivity index (χ0n) is 16.9. The first-order valence-corrected chi connectivity index (χ1v) is 9.19. The first-order valence-electron chi connectivity index (χ1n) is 9.19. The molecule has 5 nitrogen and oxygen atoms in total. The van der Waals surface area contributed by atoms with Gasteiger partial charge < -0.3 is 18.9 Å². The van der Waals surface area contributed by atoms with E-state index in [-0.39, 0.29) is 0 Å². The van der Waals surface area contributed by atoms with Gasteiger partial charge in [-0.05, 0) is 18.1 Å².